The fourth-order valence-corrected chi connectivity index (χ4v) is 3.32. The van der Waals surface area contributed by atoms with Gasteiger partial charge in [-0.1, -0.05) is 30.3 Å². The van der Waals surface area contributed by atoms with Crippen molar-refractivity contribution in [2.24, 2.45) is 0 Å². The smallest absolute Gasteiger partial charge is 0.165 e. The van der Waals surface area contributed by atoms with Crippen molar-refractivity contribution in [3.63, 3.8) is 0 Å². The van der Waals surface area contributed by atoms with E-state index in [1.807, 2.05) is 48.5 Å². The average Bonchev–Trinajstić information content (AvgIpc) is 2.79. The van der Waals surface area contributed by atoms with Crippen molar-refractivity contribution in [1.82, 2.24) is 10.2 Å². The first-order valence-corrected chi connectivity index (χ1v) is 10.4. The highest BCUT2D eigenvalue weighted by Gasteiger charge is 2.17. The third-order valence-electron chi connectivity index (χ3n) is 4.88. The van der Waals surface area contributed by atoms with Crippen molar-refractivity contribution in [3.8, 4) is 17.2 Å². The molecule has 1 heterocycles. The summed E-state index contributed by atoms with van der Waals surface area (Å²) in [6.07, 6.45) is -0.576. The van der Waals surface area contributed by atoms with E-state index in [0.717, 1.165) is 24.4 Å². The van der Waals surface area contributed by atoms with Crippen LogP contribution in [-0.4, -0.2) is 75.8 Å². The first-order chi connectivity index (χ1) is 14.8. The molecule has 0 aliphatic carbocycles. The largest absolute Gasteiger partial charge is 0.493 e. The summed E-state index contributed by atoms with van der Waals surface area (Å²) in [5.74, 6) is 2.19. The molecule has 2 aromatic rings. The number of para-hydroxylation sites is 2. The number of morpholine rings is 1. The molecule has 0 amide bonds. The standard InChI is InChI=1S/C23H32N2O5/c1-27-22-9-5-6-19(16-24-10-13-29-21-7-3-2-4-8-21)23(22)30-18-20(26)17-25-11-14-28-15-12-25/h2-9,20,24,26H,10-18H2,1H3/t20-/m1/s1. The van der Waals surface area contributed by atoms with E-state index in [0.29, 0.717) is 51.0 Å². The van der Waals surface area contributed by atoms with Gasteiger partial charge in [-0.15, -0.1) is 0 Å². The Morgan fingerprint density at radius 3 is 2.63 bits per heavy atom. The molecule has 3 rings (SSSR count). The lowest BCUT2D eigenvalue weighted by Crippen LogP contribution is -2.42. The summed E-state index contributed by atoms with van der Waals surface area (Å²) in [6.45, 7) is 5.77. The number of rotatable bonds is 12. The lowest BCUT2D eigenvalue weighted by molar-refractivity contribution is 0.00436. The van der Waals surface area contributed by atoms with Gasteiger partial charge in [0.25, 0.3) is 0 Å². The first kappa shape index (κ1) is 22.4. The van der Waals surface area contributed by atoms with Gasteiger partial charge in [-0.3, -0.25) is 4.90 Å². The van der Waals surface area contributed by atoms with Crippen LogP contribution in [0.2, 0.25) is 0 Å². The zero-order valence-corrected chi connectivity index (χ0v) is 17.6. The van der Waals surface area contributed by atoms with E-state index in [4.69, 9.17) is 18.9 Å². The Kier molecular flexibility index (Phi) is 9.24. The van der Waals surface area contributed by atoms with Gasteiger partial charge in [-0.25, -0.2) is 0 Å². The molecule has 1 fully saturated rings. The Hall–Kier alpha value is -2.32. The number of hydrogen-bond acceptors (Lipinski definition) is 7. The van der Waals surface area contributed by atoms with E-state index >= 15 is 0 Å². The van der Waals surface area contributed by atoms with Crippen LogP contribution in [0.1, 0.15) is 5.56 Å². The number of nitrogens with one attached hydrogen (secondary N) is 1. The van der Waals surface area contributed by atoms with Gasteiger partial charge in [0.2, 0.25) is 0 Å². The second-order valence-corrected chi connectivity index (χ2v) is 7.16. The van der Waals surface area contributed by atoms with Crippen LogP contribution in [0.25, 0.3) is 0 Å². The predicted octanol–water partition coefficient (Wildman–Crippen LogP) is 1.94. The van der Waals surface area contributed by atoms with Gasteiger partial charge >= 0.3 is 0 Å². The molecule has 0 aromatic heterocycles. The molecule has 1 saturated heterocycles. The van der Waals surface area contributed by atoms with Gasteiger partial charge in [0.1, 0.15) is 25.1 Å². The topological polar surface area (TPSA) is 72.4 Å². The second-order valence-electron chi connectivity index (χ2n) is 7.16. The lowest BCUT2D eigenvalue weighted by atomic mass is 10.2. The average molecular weight is 417 g/mol. The Morgan fingerprint density at radius 1 is 1.07 bits per heavy atom. The summed E-state index contributed by atoms with van der Waals surface area (Å²) in [5.41, 5.74) is 0.979. The number of nitrogens with zero attached hydrogens (tertiary/aromatic N) is 1. The summed E-state index contributed by atoms with van der Waals surface area (Å²) >= 11 is 0. The van der Waals surface area contributed by atoms with E-state index in [2.05, 4.69) is 10.2 Å². The van der Waals surface area contributed by atoms with Crippen LogP contribution >= 0.6 is 0 Å². The van der Waals surface area contributed by atoms with E-state index in [-0.39, 0.29) is 6.61 Å². The highest BCUT2D eigenvalue weighted by Crippen LogP contribution is 2.31. The Labute approximate surface area is 178 Å². The van der Waals surface area contributed by atoms with Crippen LogP contribution in [0.4, 0.5) is 0 Å². The number of β-amino-alcohol motifs (C(OH)–C–C–N with tert-alkyl or cyclic N) is 1. The van der Waals surface area contributed by atoms with Crippen molar-refractivity contribution in [2.45, 2.75) is 12.6 Å². The molecule has 0 unspecified atom stereocenters. The van der Waals surface area contributed by atoms with Crippen LogP contribution < -0.4 is 19.5 Å². The number of benzene rings is 2. The van der Waals surface area contributed by atoms with E-state index < -0.39 is 6.10 Å². The monoisotopic (exact) mass is 416 g/mol. The molecule has 164 valence electrons. The fourth-order valence-electron chi connectivity index (χ4n) is 3.32. The molecule has 1 aliphatic heterocycles. The lowest BCUT2D eigenvalue weighted by Gasteiger charge is -2.28. The van der Waals surface area contributed by atoms with E-state index in [1.54, 1.807) is 7.11 Å². The van der Waals surface area contributed by atoms with Gasteiger partial charge in [-0.05, 0) is 18.2 Å². The molecule has 7 nitrogen and oxygen atoms in total. The molecule has 30 heavy (non-hydrogen) atoms. The third-order valence-corrected chi connectivity index (χ3v) is 4.88. The van der Waals surface area contributed by atoms with E-state index in [1.165, 1.54) is 0 Å². The van der Waals surface area contributed by atoms with Crippen LogP contribution in [-0.2, 0) is 11.3 Å². The fraction of sp³-hybridized carbons (Fsp3) is 0.478. The number of aliphatic hydroxyl groups is 1. The molecule has 7 heteroatoms. The Balaban J connectivity index is 1.47. The molecular weight excluding hydrogens is 384 g/mol. The van der Waals surface area contributed by atoms with Crippen molar-refractivity contribution in [1.29, 1.82) is 0 Å². The highest BCUT2D eigenvalue weighted by atomic mass is 16.5. The summed E-state index contributed by atoms with van der Waals surface area (Å²) < 4.78 is 22.5. The van der Waals surface area contributed by atoms with Crippen molar-refractivity contribution in [3.05, 3.63) is 54.1 Å². The van der Waals surface area contributed by atoms with Crippen LogP contribution in [0.5, 0.6) is 17.2 Å². The summed E-state index contributed by atoms with van der Waals surface area (Å²) in [7, 11) is 1.62. The normalized spacial score (nSPS) is 15.5. The van der Waals surface area contributed by atoms with E-state index in [9.17, 15) is 5.11 Å². The summed E-state index contributed by atoms with van der Waals surface area (Å²) in [5, 5.41) is 13.8. The van der Waals surface area contributed by atoms with Gasteiger partial charge in [0, 0.05) is 38.3 Å². The minimum atomic E-state index is -0.576. The second kappa shape index (κ2) is 12.4. The maximum absolute atomic E-state index is 10.4. The quantitative estimate of drug-likeness (QED) is 0.512. The molecule has 2 aromatic carbocycles. The van der Waals surface area contributed by atoms with Crippen molar-refractivity contribution >= 4 is 0 Å². The molecule has 0 saturated carbocycles. The minimum absolute atomic E-state index is 0.210. The molecule has 2 N–H and O–H groups in total. The number of methoxy groups -OCH3 is 1. The SMILES string of the molecule is COc1cccc(CNCCOc2ccccc2)c1OC[C@H](O)CN1CCOCC1. The maximum Gasteiger partial charge on any atom is 0.165 e. The predicted molar refractivity (Wildman–Crippen MR) is 115 cm³/mol. The van der Waals surface area contributed by atoms with Crippen molar-refractivity contribution in [2.75, 3.05) is 59.7 Å². The molecule has 0 bridgehead atoms. The van der Waals surface area contributed by atoms with Gasteiger partial charge in [0.15, 0.2) is 11.5 Å². The zero-order valence-electron chi connectivity index (χ0n) is 17.6. The molecular formula is C23H32N2O5. The Morgan fingerprint density at radius 2 is 1.87 bits per heavy atom. The summed E-state index contributed by atoms with van der Waals surface area (Å²) in [4.78, 5) is 2.19. The molecule has 0 spiro atoms. The summed E-state index contributed by atoms with van der Waals surface area (Å²) in [6, 6.07) is 15.6. The van der Waals surface area contributed by atoms with Gasteiger partial charge in [-0.2, -0.15) is 0 Å². The first-order valence-electron chi connectivity index (χ1n) is 10.4. The number of aliphatic hydroxyl groups excluding tert-OH is 1. The Bertz CT molecular complexity index is 738. The van der Waals surface area contributed by atoms with Crippen LogP contribution in [0.15, 0.2) is 48.5 Å². The molecule has 1 aliphatic rings. The van der Waals surface area contributed by atoms with Gasteiger partial charge in [0.05, 0.1) is 20.3 Å². The number of ether oxygens (including phenoxy) is 4. The minimum Gasteiger partial charge on any atom is -0.493 e. The van der Waals surface area contributed by atoms with Crippen LogP contribution in [0, 0.1) is 0 Å². The van der Waals surface area contributed by atoms with Gasteiger partial charge < -0.3 is 29.4 Å². The maximum atomic E-state index is 10.4. The van der Waals surface area contributed by atoms with Crippen molar-refractivity contribution < 1.29 is 24.1 Å². The number of hydrogen-bond donors (Lipinski definition) is 2. The molecule has 1 atom stereocenters. The highest BCUT2D eigenvalue weighted by molar-refractivity contribution is 5.46. The molecule has 0 radical (unpaired) electrons. The third kappa shape index (κ3) is 7.18. The zero-order chi connectivity index (χ0) is 21.0. The van der Waals surface area contributed by atoms with Crippen LogP contribution in [0.3, 0.4) is 0 Å².